The molecule has 0 unspecified atom stereocenters. The van der Waals surface area contributed by atoms with E-state index in [0.29, 0.717) is 0 Å². The van der Waals surface area contributed by atoms with Gasteiger partial charge in [-0.3, -0.25) is 0 Å². The Hall–Kier alpha value is 0.314. The third-order valence-corrected chi connectivity index (χ3v) is 6.64. The quantitative estimate of drug-likeness (QED) is 0.590. The predicted molar refractivity (Wildman–Crippen MR) is 31.6 cm³/mol. The van der Waals surface area contributed by atoms with E-state index in [1.807, 2.05) is 0 Å². The molecule has 0 aliphatic carbocycles. The second-order valence-electron chi connectivity index (χ2n) is 3.03. The molecule has 3 heteroatoms. The summed E-state index contributed by atoms with van der Waals surface area (Å²) in [6, 6.07) is 0. The fraction of sp³-hybridized carbons (Fsp3) is 1.00. The van der Waals surface area contributed by atoms with Crippen molar-refractivity contribution >= 4 is 0 Å². The zero-order valence-electron chi connectivity index (χ0n) is 6.47. The zero-order chi connectivity index (χ0) is 7.65. The van der Waals surface area contributed by atoms with Crippen molar-refractivity contribution in [3.63, 3.8) is 0 Å². The van der Waals surface area contributed by atoms with Crippen LogP contribution in [0.4, 0.5) is 0 Å². The molecule has 2 nitrogen and oxygen atoms in total. The summed E-state index contributed by atoms with van der Waals surface area (Å²) in [4.78, 5) is 0. The molecule has 0 aromatic carbocycles. The van der Waals surface area contributed by atoms with E-state index in [-0.39, 0.29) is 8.45 Å². The van der Waals surface area contributed by atoms with Gasteiger partial charge in [0.15, 0.2) is 0 Å². The molecule has 0 aliphatic heterocycles. The third kappa shape index (κ3) is 2.19. The summed E-state index contributed by atoms with van der Waals surface area (Å²) in [5, 5.41) is 0. The molecule has 0 spiro atoms. The van der Waals surface area contributed by atoms with Gasteiger partial charge in [0.2, 0.25) is 0 Å². The monoisotopic (exact) mass is 166 g/mol. The van der Waals surface area contributed by atoms with Crippen molar-refractivity contribution in [2.75, 3.05) is 0 Å². The van der Waals surface area contributed by atoms with E-state index >= 15 is 0 Å². The van der Waals surface area contributed by atoms with Gasteiger partial charge in [0.1, 0.15) is 0 Å². The number of hydrogen-bond donors (Lipinski definition) is 0. The first-order valence-corrected chi connectivity index (χ1v) is 6.37. The van der Waals surface area contributed by atoms with Crippen molar-refractivity contribution in [2.24, 2.45) is 0 Å². The van der Waals surface area contributed by atoms with Crippen LogP contribution in [0.25, 0.3) is 0 Å². The van der Waals surface area contributed by atoms with Gasteiger partial charge in [0, 0.05) is 0 Å². The van der Waals surface area contributed by atoms with Gasteiger partial charge < -0.3 is 0 Å². The molecule has 0 saturated heterocycles. The average Bonchev–Trinajstić information content (AvgIpc) is 1.65. The zero-order valence-corrected chi connectivity index (χ0v) is 8.03. The Balaban J connectivity index is 4.42. The molecule has 54 valence electrons. The average molecular weight is 166 g/mol. The van der Waals surface area contributed by atoms with Crippen LogP contribution in [0.5, 0.6) is 0 Å². The summed E-state index contributed by atoms with van der Waals surface area (Å²) in [6.45, 7) is 7.00. The van der Waals surface area contributed by atoms with E-state index in [4.69, 9.17) is 0 Å². The normalized spacial score (nSPS) is 11.3. The standard InChI is InChI=1S/2C3H7.2O.Ti/c2*1-3-2;;;/h2*3H,1-2H3;;;. The van der Waals surface area contributed by atoms with Gasteiger partial charge in [-0.05, 0) is 0 Å². The van der Waals surface area contributed by atoms with Crippen molar-refractivity contribution in [3.05, 3.63) is 0 Å². The molecule has 9 heavy (non-hydrogen) atoms. The van der Waals surface area contributed by atoms with Gasteiger partial charge in [-0.25, -0.2) is 0 Å². The first kappa shape index (κ1) is 9.31. The van der Waals surface area contributed by atoms with Crippen LogP contribution in [-0.2, 0) is 23.2 Å². The number of hydrogen-bond acceptors (Lipinski definition) is 2. The molecule has 0 bridgehead atoms. The van der Waals surface area contributed by atoms with Gasteiger partial charge in [-0.15, -0.1) is 0 Å². The minimum atomic E-state index is -3.83. The summed E-state index contributed by atoms with van der Waals surface area (Å²) < 4.78 is 22.0. The molecule has 0 radical (unpaired) electrons. The van der Waals surface area contributed by atoms with Gasteiger partial charge in [-0.1, -0.05) is 0 Å². The van der Waals surface area contributed by atoms with E-state index < -0.39 is 16.5 Å². The van der Waals surface area contributed by atoms with Crippen LogP contribution in [0, 0.1) is 0 Å². The topological polar surface area (TPSA) is 34.1 Å². The molecule has 0 aliphatic rings. The van der Waals surface area contributed by atoms with Gasteiger partial charge in [-0.2, -0.15) is 0 Å². The van der Waals surface area contributed by atoms with E-state index in [2.05, 4.69) is 0 Å². The Labute approximate surface area is 59.6 Å². The van der Waals surface area contributed by atoms with E-state index in [9.17, 15) is 6.65 Å². The molecule has 0 amide bonds. The number of rotatable bonds is 2. The van der Waals surface area contributed by atoms with Crippen LogP contribution in [0.15, 0.2) is 0 Å². The summed E-state index contributed by atoms with van der Waals surface area (Å²) >= 11 is -3.83. The summed E-state index contributed by atoms with van der Waals surface area (Å²) in [7, 11) is 0. The van der Waals surface area contributed by atoms with E-state index in [0.717, 1.165) is 0 Å². The maximum atomic E-state index is 11.1. The SMILES string of the molecule is C[CH](C)[Ti](=[O])(=[O])[CH](C)C. The molecule has 0 aromatic heterocycles. The Morgan fingerprint density at radius 3 is 1.11 bits per heavy atom. The summed E-state index contributed by atoms with van der Waals surface area (Å²) in [6.07, 6.45) is 0. The van der Waals surface area contributed by atoms with Crippen molar-refractivity contribution in [3.8, 4) is 0 Å². The molecule has 0 heterocycles. The Morgan fingerprint density at radius 2 is 1.11 bits per heavy atom. The predicted octanol–water partition coefficient (Wildman–Crippen LogP) is 2.49. The van der Waals surface area contributed by atoms with Crippen LogP contribution in [0.3, 0.4) is 0 Å². The van der Waals surface area contributed by atoms with Crippen LogP contribution in [-0.4, -0.2) is 0 Å². The Bertz CT molecular complexity index is 151. The van der Waals surface area contributed by atoms with E-state index in [1.165, 1.54) is 0 Å². The van der Waals surface area contributed by atoms with Gasteiger partial charge >= 0.3 is 59.3 Å². The van der Waals surface area contributed by atoms with Crippen molar-refractivity contribution < 1.29 is 23.2 Å². The van der Waals surface area contributed by atoms with Crippen molar-refractivity contribution in [1.29, 1.82) is 0 Å². The third-order valence-electron chi connectivity index (χ3n) is 1.61. The van der Waals surface area contributed by atoms with Crippen LogP contribution in [0.1, 0.15) is 27.7 Å². The Kier molecular flexibility index (Phi) is 3.04. The minimum absolute atomic E-state index is 0.134. The van der Waals surface area contributed by atoms with Crippen LogP contribution < -0.4 is 0 Å². The molecule has 0 saturated carbocycles. The Morgan fingerprint density at radius 1 is 0.889 bits per heavy atom. The van der Waals surface area contributed by atoms with Gasteiger partial charge in [0.05, 0.1) is 0 Å². The second kappa shape index (κ2) is 2.93. The molecule has 0 rings (SSSR count). The summed E-state index contributed by atoms with van der Waals surface area (Å²) in [5.41, 5.74) is 0. The second-order valence-corrected chi connectivity index (χ2v) is 8.89. The van der Waals surface area contributed by atoms with Crippen LogP contribution >= 0.6 is 0 Å². The molecular formula is C6H14O2Ti. The van der Waals surface area contributed by atoms with Crippen molar-refractivity contribution in [1.82, 2.24) is 0 Å². The molecule has 0 N–H and O–H groups in total. The first-order valence-electron chi connectivity index (χ1n) is 3.29. The van der Waals surface area contributed by atoms with Crippen LogP contribution in [0.2, 0.25) is 8.45 Å². The first-order chi connectivity index (χ1) is 3.89. The van der Waals surface area contributed by atoms with Crippen molar-refractivity contribution in [2.45, 2.75) is 36.1 Å². The van der Waals surface area contributed by atoms with E-state index in [1.54, 1.807) is 27.7 Å². The summed E-state index contributed by atoms with van der Waals surface area (Å²) in [5.74, 6) is 0. The fourth-order valence-corrected chi connectivity index (χ4v) is 2.75. The molecule has 0 fully saturated rings. The van der Waals surface area contributed by atoms with Gasteiger partial charge in [0.25, 0.3) is 0 Å². The fourth-order valence-electron chi connectivity index (χ4n) is 0.667. The molecular weight excluding hydrogens is 152 g/mol. The maximum absolute atomic E-state index is 11.1. The molecule has 0 atom stereocenters. The molecule has 0 aromatic rings.